The fourth-order valence-corrected chi connectivity index (χ4v) is 2.48. The van der Waals surface area contributed by atoms with Crippen LogP contribution in [0, 0.1) is 0 Å². The number of pyridine rings is 1. The van der Waals surface area contributed by atoms with E-state index >= 15 is 0 Å². The summed E-state index contributed by atoms with van der Waals surface area (Å²) in [6.45, 7) is 2.25. The Morgan fingerprint density at radius 2 is 1.68 bits per heavy atom. The zero-order chi connectivity index (χ0) is 12.9. The van der Waals surface area contributed by atoms with Crippen LogP contribution in [0.25, 0.3) is 0 Å². The number of para-hydroxylation sites is 1. The molecule has 1 aliphatic heterocycles. The maximum Gasteiger partial charge on any atom is 0.130 e. The average molecular weight is 253 g/mol. The summed E-state index contributed by atoms with van der Waals surface area (Å²) in [6.07, 6.45) is 5.78. The van der Waals surface area contributed by atoms with E-state index < -0.39 is 0 Å². The van der Waals surface area contributed by atoms with E-state index in [1.807, 2.05) is 30.5 Å². The van der Waals surface area contributed by atoms with Crippen LogP contribution in [0.3, 0.4) is 0 Å². The number of hydrogen-bond acceptors (Lipinski definition) is 3. The van der Waals surface area contributed by atoms with Crippen LogP contribution in [0.15, 0.2) is 48.7 Å². The van der Waals surface area contributed by atoms with Crippen LogP contribution in [-0.4, -0.2) is 18.1 Å². The van der Waals surface area contributed by atoms with Gasteiger partial charge in [0.15, 0.2) is 0 Å². The molecule has 98 valence electrons. The first-order chi connectivity index (χ1) is 9.42. The minimum Gasteiger partial charge on any atom is -0.357 e. The SMILES string of the molecule is c1ccc(Nc2ccnc(N3CCCCC3)c2)cc1. The van der Waals surface area contributed by atoms with Crippen molar-refractivity contribution >= 4 is 17.2 Å². The van der Waals surface area contributed by atoms with Gasteiger partial charge in [-0.15, -0.1) is 0 Å². The Morgan fingerprint density at radius 3 is 2.47 bits per heavy atom. The van der Waals surface area contributed by atoms with Gasteiger partial charge in [0.05, 0.1) is 0 Å². The number of anilines is 3. The van der Waals surface area contributed by atoms with E-state index in [2.05, 4.69) is 33.4 Å². The molecule has 2 heterocycles. The average Bonchev–Trinajstić information content (AvgIpc) is 2.49. The third-order valence-electron chi connectivity index (χ3n) is 3.49. The maximum atomic E-state index is 4.49. The highest BCUT2D eigenvalue weighted by Crippen LogP contribution is 2.22. The predicted molar refractivity (Wildman–Crippen MR) is 80.0 cm³/mol. The van der Waals surface area contributed by atoms with E-state index in [4.69, 9.17) is 0 Å². The molecule has 0 spiro atoms. The number of rotatable bonds is 3. The van der Waals surface area contributed by atoms with Crippen molar-refractivity contribution in [2.45, 2.75) is 19.3 Å². The summed E-state index contributed by atoms with van der Waals surface area (Å²) in [4.78, 5) is 6.87. The molecule has 1 aromatic carbocycles. The van der Waals surface area contributed by atoms with Crippen LogP contribution < -0.4 is 10.2 Å². The molecule has 3 rings (SSSR count). The summed E-state index contributed by atoms with van der Waals surface area (Å²) in [5.74, 6) is 1.08. The monoisotopic (exact) mass is 253 g/mol. The molecule has 0 atom stereocenters. The highest BCUT2D eigenvalue weighted by molar-refractivity contribution is 5.62. The van der Waals surface area contributed by atoms with E-state index in [1.54, 1.807) is 0 Å². The van der Waals surface area contributed by atoms with E-state index in [0.717, 1.165) is 30.3 Å². The fourth-order valence-electron chi connectivity index (χ4n) is 2.48. The lowest BCUT2D eigenvalue weighted by Crippen LogP contribution is -2.30. The predicted octanol–water partition coefficient (Wildman–Crippen LogP) is 3.82. The van der Waals surface area contributed by atoms with Crippen LogP contribution in [0.4, 0.5) is 17.2 Å². The number of piperidine rings is 1. The lowest BCUT2D eigenvalue weighted by molar-refractivity contribution is 0.573. The minimum absolute atomic E-state index is 1.08. The molecule has 0 saturated carbocycles. The molecular weight excluding hydrogens is 234 g/mol. The van der Waals surface area contributed by atoms with Crippen molar-refractivity contribution in [3.8, 4) is 0 Å². The second-order valence-electron chi connectivity index (χ2n) is 4.94. The normalized spacial score (nSPS) is 15.3. The quantitative estimate of drug-likeness (QED) is 0.901. The second-order valence-corrected chi connectivity index (χ2v) is 4.94. The standard InChI is InChI=1S/C16H19N3/c1-3-7-14(8-4-1)18-15-9-10-17-16(13-15)19-11-5-2-6-12-19/h1,3-4,7-10,13H,2,5-6,11-12H2,(H,17,18). The first-order valence-corrected chi connectivity index (χ1v) is 6.95. The van der Waals surface area contributed by atoms with Crippen LogP contribution in [0.5, 0.6) is 0 Å². The third kappa shape index (κ3) is 3.05. The molecule has 1 aromatic heterocycles. The van der Waals surface area contributed by atoms with Crippen molar-refractivity contribution in [2.24, 2.45) is 0 Å². The second kappa shape index (κ2) is 5.74. The summed E-state index contributed by atoms with van der Waals surface area (Å²) >= 11 is 0. The molecule has 0 unspecified atom stereocenters. The van der Waals surface area contributed by atoms with Gasteiger partial charge in [0.25, 0.3) is 0 Å². The number of benzene rings is 1. The first-order valence-electron chi connectivity index (χ1n) is 6.95. The van der Waals surface area contributed by atoms with Crippen molar-refractivity contribution in [1.82, 2.24) is 4.98 Å². The van der Waals surface area contributed by atoms with Crippen molar-refractivity contribution in [3.05, 3.63) is 48.7 Å². The van der Waals surface area contributed by atoms with Crippen molar-refractivity contribution < 1.29 is 0 Å². The van der Waals surface area contributed by atoms with E-state index in [1.165, 1.54) is 19.3 Å². The highest BCUT2D eigenvalue weighted by Gasteiger charge is 2.12. The Bertz CT molecular complexity index is 519. The van der Waals surface area contributed by atoms with Crippen molar-refractivity contribution in [3.63, 3.8) is 0 Å². The van der Waals surface area contributed by atoms with Crippen LogP contribution in [-0.2, 0) is 0 Å². The molecule has 1 fully saturated rings. The zero-order valence-corrected chi connectivity index (χ0v) is 11.0. The van der Waals surface area contributed by atoms with Gasteiger partial charge in [-0.25, -0.2) is 4.98 Å². The van der Waals surface area contributed by atoms with Gasteiger partial charge in [-0.3, -0.25) is 0 Å². The molecule has 0 radical (unpaired) electrons. The summed E-state index contributed by atoms with van der Waals surface area (Å²) in [5, 5.41) is 3.42. The van der Waals surface area contributed by atoms with E-state index in [9.17, 15) is 0 Å². The molecule has 1 N–H and O–H groups in total. The Kier molecular flexibility index (Phi) is 3.63. The lowest BCUT2D eigenvalue weighted by Gasteiger charge is -2.27. The van der Waals surface area contributed by atoms with Gasteiger partial charge >= 0.3 is 0 Å². The highest BCUT2D eigenvalue weighted by atomic mass is 15.2. The van der Waals surface area contributed by atoms with Gasteiger partial charge in [0.1, 0.15) is 5.82 Å². The van der Waals surface area contributed by atoms with E-state index in [-0.39, 0.29) is 0 Å². The molecule has 3 nitrogen and oxygen atoms in total. The van der Waals surface area contributed by atoms with E-state index in [0.29, 0.717) is 0 Å². The molecule has 0 amide bonds. The summed E-state index contributed by atoms with van der Waals surface area (Å²) in [6, 6.07) is 14.4. The molecule has 0 bridgehead atoms. The van der Waals surface area contributed by atoms with Crippen molar-refractivity contribution in [2.75, 3.05) is 23.3 Å². The van der Waals surface area contributed by atoms with Crippen molar-refractivity contribution in [1.29, 1.82) is 0 Å². The summed E-state index contributed by atoms with van der Waals surface area (Å²) in [5.41, 5.74) is 2.21. The smallest absolute Gasteiger partial charge is 0.130 e. The molecule has 1 aliphatic rings. The molecule has 0 aliphatic carbocycles. The molecule has 3 heteroatoms. The van der Waals surface area contributed by atoms with Gasteiger partial charge in [-0.2, -0.15) is 0 Å². The first kappa shape index (κ1) is 12.0. The van der Waals surface area contributed by atoms with Gasteiger partial charge < -0.3 is 10.2 Å². The molecule has 1 saturated heterocycles. The topological polar surface area (TPSA) is 28.2 Å². The van der Waals surface area contributed by atoms with Gasteiger partial charge in [-0.05, 0) is 37.5 Å². The van der Waals surface area contributed by atoms with Crippen LogP contribution in [0.2, 0.25) is 0 Å². The summed E-state index contributed by atoms with van der Waals surface area (Å²) in [7, 11) is 0. The number of nitrogens with one attached hydrogen (secondary N) is 1. The fraction of sp³-hybridized carbons (Fsp3) is 0.312. The van der Waals surface area contributed by atoms with Gasteiger partial charge in [0.2, 0.25) is 0 Å². The minimum atomic E-state index is 1.08. The van der Waals surface area contributed by atoms with Gasteiger partial charge in [0, 0.05) is 36.7 Å². The molecular formula is C16H19N3. The third-order valence-corrected chi connectivity index (χ3v) is 3.49. The molecule has 2 aromatic rings. The largest absolute Gasteiger partial charge is 0.357 e. The Labute approximate surface area is 114 Å². The zero-order valence-electron chi connectivity index (χ0n) is 11.0. The Balaban J connectivity index is 1.76. The lowest BCUT2D eigenvalue weighted by atomic mass is 10.1. The van der Waals surface area contributed by atoms with Gasteiger partial charge in [-0.1, -0.05) is 18.2 Å². The number of hydrogen-bond donors (Lipinski definition) is 1. The Hall–Kier alpha value is -2.03. The maximum absolute atomic E-state index is 4.49. The molecule has 19 heavy (non-hydrogen) atoms. The van der Waals surface area contributed by atoms with Crippen LogP contribution >= 0.6 is 0 Å². The van der Waals surface area contributed by atoms with Crippen LogP contribution in [0.1, 0.15) is 19.3 Å². The number of aromatic nitrogens is 1. The number of nitrogens with zero attached hydrogens (tertiary/aromatic N) is 2. The Morgan fingerprint density at radius 1 is 0.895 bits per heavy atom. The summed E-state index contributed by atoms with van der Waals surface area (Å²) < 4.78 is 0.